The number of hydrogen-bond donors (Lipinski definition) is 2. The molecule has 0 spiro atoms. The van der Waals surface area contributed by atoms with Crippen molar-refractivity contribution >= 4 is 5.69 Å². The van der Waals surface area contributed by atoms with Crippen LogP contribution in [0.1, 0.15) is 31.9 Å². The first-order chi connectivity index (χ1) is 7.74. The van der Waals surface area contributed by atoms with Crippen molar-refractivity contribution in [3.8, 4) is 0 Å². The van der Waals surface area contributed by atoms with Crippen LogP contribution in [0.2, 0.25) is 0 Å². The van der Waals surface area contributed by atoms with Crippen molar-refractivity contribution in [1.82, 2.24) is 10.3 Å². The van der Waals surface area contributed by atoms with Crippen LogP contribution in [-0.4, -0.2) is 24.7 Å². The number of ether oxygens (including phenoxy) is 1. The van der Waals surface area contributed by atoms with Crippen molar-refractivity contribution in [2.75, 3.05) is 19.4 Å². The van der Waals surface area contributed by atoms with E-state index >= 15 is 0 Å². The smallest absolute Gasteiger partial charge is 0.0768 e. The van der Waals surface area contributed by atoms with Gasteiger partial charge < -0.3 is 15.8 Å². The van der Waals surface area contributed by atoms with Crippen molar-refractivity contribution in [3.05, 3.63) is 24.0 Å². The summed E-state index contributed by atoms with van der Waals surface area (Å²) < 4.78 is 5.71. The summed E-state index contributed by atoms with van der Waals surface area (Å²) >= 11 is 0. The number of nitrogens with one attached hydrogen (secondary N) is 1. The third-order valence-electron chi connectivity index (χ3n) is 2.69. The monoisotopic (exact) mass is 223 g/mol. The van der Waals surface area contributed by atoms with Crippen LogP contribution in [0.15, 0.2) is 18.5 Å². The van der Waals surface area contributed by atoms with Crippen LogP contribution < -0.4 is 11.1 Å². The highest BCUT2D eigenvalue weighted by Gasteiger charge is 2.22. The van der Waals surface area contributed by atoms with Gasteiger partial charge in [-0.2, -0.15) is 0 Å². The van der Waals surface area contributed by atoms with Crippen molar-refractivity contribution in [1.29, 1.82) is 0 Å². The highest BCUT2D eigenvalue weighted by molar-refractivity contribution is 5.46. The van der Waals surface area contributed by atoms with Crippen LogP contribution in [0, 0.1) is 0 Å². The molecule has 0 bridgehead atoms. The number of aromatic nitrogens is 1. The maximum absolute atomic E-state index is 5.95. The molecule has 1 aromatic rings. The topological polar surface area (TPSA) is 60.2 Å². The van der Waals surface area contributed by atoms with Crippen molar-refractivity contribution in [3.63, 3.8) is 0 Å². The molecule has 4 heteroatoms. The standard InChI is InChI=1S/C12H21N3O/c1-4-11(16-5-2)12(14-3)9-8-15-7-6-10(9)13/h6-8,11-12,14H,4-5H2,1-3H3,(H2,13,15). The first kappa shape index (κ1) is 12.9. The number of nitrogen functional groups attached to an aromatic ring is 1. The van der Waals surface area contributed by atoms with Gasteiger partial charge in [0, 0.05) is 30.3 Å². The van der Waals surface area contributed by atoms with Gasteiger partial charge in [-0.15, -0.1) is 0 Å². The Hall–Kier alpha value is -1.13. The first-order valence-electron chi connectivity index (χ1n) is 5.72. The molecule has 1 aromatic heterocycles. The third kappa shape index (κ3) is 2.93. The molecule has 0 radical (unpaired) electrons. The third-order valence-corrected chi connectivity index (χ3v) is 2.69. The number of nitrogens with two attached hydrogens (primary N) is 1. The minimum absolute atomic E-state index is 0.0960. The van der Waals surface area contributed by atoms with E-state index in [1.165, 1.54) is 0 Å². The average Bonchev–Trinajstić information content (AvgIpc) is 2.31. The summed E-state index contributed by atoms with van der Waals surface area (Å²) in [4.78, 5) is 4.12. The zero-order valence-electron chi connectivity index (χ0n) is 10.2. The van der Waals surface area contributed by atoms with E-state index in [0.29, 0.717) is 6.61 Å². The molecule has 0 saturated carbocycles. The maximum Gasteiger partial charge on any atom is 0.0768 e. The summed E-state index contributed by atoms with van der Waals surface area (Å²) in [5.41, 5.74) is 7.71. The molecule has 3 N–H and O–H groups in total. The Kier molecular flexibility index (Phi) is 5.22. The van der Waals surface area contributed by atoms with Gasteiger partial charge in [0.05, 0.1) is 12.1 Å². The van der Waals surface area contributed by atoms with Gasteiger partial charge in [-0.25, -0.2) is 0 Å². The SMILES string of the molecule is CCOC(CC)C(NC)c1cnccc1N. The normalized spacial score (nSPS) is 14.7. The molecular weight excluding hydrogens is 202 g/mol. The molecule has 90 valence electrons. The van der Waals surface area contributed by atoms with Gasteiger partial charge in [0.1, 0.15) is 0 Å². The molecule has 0 saturated heterocycles. The lowest BCUT2D eigenvalue weighted by molar-refractivity contribution is 0.0335. The second kappa shape index (κ2) is 6.45. The summed E-state index contributed by atoms with van der Waals surface area (Å²) in [6.07, 6.45) is 4.57. The van der Waals surface area contributed by atoms with Crippen LogP contribution in [0.25, 0.3) is 0 Å². The second-order valence-corrected chi connectivity index (χ2v) is 3.67. The summed E-state index contributed by atoms with van der Waals surface area (Å²) in [7, 11) is 1.92. The van der Waals surface area contributed by atoms with Crippen LogP contribution in [0.4, 0.5) is 5.69 Å². The predicted molar refractivity (Wildman–Crippen MR) is 66.2 cm³/mol. The molecule has 0 amide bonds. The van der Waals surface area contributed by atoms with E-state index < -0.39 is 0 Å². The molecule has 16 heavy (non-hydrogen) atoms. The quantitative estimate of drug-likeness (QED) is 0.771. The minimum Gasteiger partial charge on any atom is -0.398 e. The highest BCUT2D eigenvalue weighted by atomic mass is 16.5. The molecule has 0 aromatic carbocycles. The van der Waals surface area contributed by atoms with E-state index in [2.05, 4.69) is 17.2 Å². The van der Waals surface area contributed by atoms with Gasteiger partial charge in [-0.1, -0.05) is 6.92 Å². The molecule has 1 rings (SSSR count). The highest BCUT2D eigenvalue weighted by Crippen LogP contribution is 2.25. The molecular formula is C12H21N3O. The average molecular weight is 223 g/mol. The molecule has 0 fully saturated rings. The lowest BCUT2D eigenvalue weighted by atomic mass is 10.00. The van der Waals surface area contributed by atoms with E-state index in [-0.39, 0.29) is 12.1 Å². The van der Waals surface area contributed by atoms with Crippen molar-refractivity contribution in [2.45, 2.75) is 32.4 Å². The van der Waals surface area contributed by atoms with E-state index in [1.807, 2.05) is 20.0 Å². The molecule has 2 unspecified atom stereocenters. The molecule has 1 heterocycles. The first-order valence-corrected chi connectivity index (χ1v) is 5.72. The van der Waals surface area contributed by atoms with E-state index in [1.54, 1.807) is 12.4 Å². The van der Waals surface area contributed by atoms with Crippen LogP contribution in [-0.2, 0) is 4.74 Å². The van der Waals surface area contributed by atoms with Crippen molar-refractivity contribution in [2.24, 2.45) is 0 Å². The maximum atomic E-state index is 5.95. The van der Waals surface area contributed by atoms with Crippen LogP contribution in [0.3, 0.4) is 0 Å². The number of rotatable bonds is 6. The summed E-state index contributed by atoms with van der Waals surface area (Å²) in [5.74, 6) is 0. The Morgan fingerprint density at radius 2 is 2.25 bits per heavy atom. The van der Waals surface area contributed by atoms with Gasteiger partial charge >= 0.3 is 0 Å². The van der Waals surface area contributed by atoms with E-state index in [4.69, 9.17) is 10.5 Å². The fourth-order valence-electron chi connectivity index (χ4n) is 1.88. The molecule has 0 aliphatic carbocycles. The molecule has 0 aliphatic rings. The van der Waals surface area contributed by atoms with Gasteiger partial charge in [0.15, 0.2) is 0 Å². The molecule has 4 nitrogen and oxygen atoms in total. The Balaban J connectivity index is 2.92. The van der Waals surface area contributed by atoms with Gasteiger partial charge in [0.2, 0.25) is 0 Å². The number of hydrogen-bond acceptors (Lipinski definition) is 4. The van der Waals surface area contributed by atoms with Gasteiger partial charge in [-0.3, -0.25) is 4.98 Å². The molecule has 2 atom stereocenters. The minimum atomic E-state index is 0.0960. The summed E-state index contributed by atoms with van der Waals surface area (Å²) in [6, 6.07) is 1.91. The largest absolute Gasteiger partial charge is 0.398 e. The number of pyridine rings is 1. The molecule has 0 aliphatic heterocycles. The van der Waals surface area contributed by atoms with Gasteiger partial charge in [-0.05, 0) is 26.5 Å². The van der Waals surface area contributed by atoms with E-state index in [0.717, 1.165) is 17.7 Å². The Morgan fingerprint density at radius 1 is 1.50 bits per heavy atom. The number of likely N-dealkylation sites (N-methyl/N-ethyl adjacent to an activating group) is 1. The predicted octanol–water partition coefficient (Wildman–Crippen LogP) is 1.74. The second-order valence-electron chi connectivity index (χ2n) is 3.67. The Morgan fingerprint density at radius 3 is 2.75 bits per heavy atom. The lowest BCUT2D eigenvalue weighted by Gasteiger charge is -2.26. The number of nitrogens with zero attached hydrogens (tertiary/aromatic N) is 1. The fraction of sp³-hybridized carbons (Fsp3) is 0.583. The van der Waals surface area contributed by atoms with E-state index in [9.17, 15) is 0 Å². The number of anilines is 1. The summed E-state index contributed by atoms with van der Waals surface area (Å²) in [6.45, 7) is 4.82. The Labute approximate surface area is 97.2 Å². The zero-order chi connectivity index (χ0) is 12.0. The summed E-state index contributed by atoms with van der Waals surface area (Å²) in [5, 5.41) is 3.25. The lowest BCUT2D eigenvalue weighted by Crippen LogP contribution is -2.32. The Bertz CT molecular complexity index is 317. The van der Waals surface area contributed by atoms with Crippen LogP contribution >= 0.6 is 0 Å². The van der Waals surface area contributed by atoms with Gasteiger partial charge in [0.25, 0.3) is 0 Å². The van der Waals surface area contributed by atoms with Crippen molar-refractivity contribution < 1.29 is 4.74 Å². The fourth-order valence-corrected chi connectivity index (χ4v) is 1.88. The zero-order valence-corrected chi connectivity index (χ0v) is 10.2. The van der Waals surface area contributed by atoms with Crippen LogP contribution in [0.5, 0.6) is 0 Å².